The molecule has 0 atom stereocenters. The van der Waals surface area contributed by atoms with Crippen molar-refractivity contribution in [1.82, 2.24) is 15.3 Å². The maximum Gasteiger partial charge on any atom is 0.269 e. The molecule has 5 N–H and O–H groups in total. The first-order chi connectivity index (χ1) is 14.0. The van der Waals surface area contributed by atoms with Crippen LogP contribution in [-0.2, 0) is 0 Å². The fourth-order valence-electron chi connectivity index (χ4n) is 3.18. The van der Waals surface area contributed by atoms with Crippen molar-refractivity contribution >= 4 is 45.6 Å². The highest BCUT2D eigenvalue weighted by atomic mass is 35.5. The number of aromatic nitrogens is 2. The summed E-state index contributed by atoms with van der Waals surface area (Å²) in [6.45, 7) is 0. The van der Waals surface area contributed by atoms with E-state index in [2.05, 4.69) is 20.6 Å². The fourth-order valence-corrected chi connectivity index (χ4v) is 3.36. The highest BCUT2D eigenvalue weighted by Crippen LogP contribution is 2.37. The molecular formula is C21H17ClFN5O. The second-order valence-electron chi connectivity index (χ2n) is 6.40. The highest BCUT2D eigenvalue weighted by Gasteiger charge is 2.15. The van der Waals surface area contributed by atoms with Crippen LogP contribution in [0.25, 0.3) is 22.0 Å². The summed E-state index contributed by atoms with van der Waals surface area (Å²) in [5.74, 6) is -0.329. The van der Waals surface area contributed by atoms with Crippen molar-refractivity contribution in [3.8, 4) is 11.1 Å². The Morgan fingerprint density at radius 3 is 2.79 bits per heavy atom. The molecule has 0 aliphatic heterocycles. The number of halogens is 2. The van der Waals surface area contributed by atoms with Gasteiger partial charge in [-0.25, -0.2) is 4.39 Å². The number of carbonyl (C=O) groups excluding carboxylic acids is 1. The van der Waals surface area contributed by atoms with E-state index in [4.69, 9.17) is 17.3 Å². The van der Waals surface area contributed by atoms with E-state index in [1.165, 1.54) is 12.1 Å². The van der Waals surface area contributed by atoms with Gasteiger partial charge in [0.2, 0.25) is 0 Å². The van der Waals surface area contributed by atoms with Crippen LogP contribution in [0.5, 0.6) is 0 Å². The Morgan fingerprint density at radius 1 is 1.21 bits per heavy atom. The lowest BCUT2D eigenvalue weighted by molar-refractivity contribution is 0.0958. The largest absolute Gasteiger partial charge is 0.384 e. The quantitative estimate of drug-likeness (QED) is 0.392. The number of anilines is 3. The standard InChI is InChI=1S/C21H17ClFN5O/c1-25-21(29)17-9-11(7-8-26-17)13-3-2-4-14-18(13)28-20(24)19(14)27-12-5-6-16(23)15(22)10-12/h2-10,27-28H,24H2,1H3,(H,25,29). The van der Waals surface area contributed by atoms with Gasteiger partial charge in [-0.3, -0.25) is 9.78 Å². The number of nitrogens with one attached hydrogen (secondary N) is 3. The van der Waals surface area contributed by atoms with E-state index < -0.39 is 5.82 Å². The lowest BCUT2D eigenvalue weighted by Crippen LogP contribution is -2.19. The number of hydrogen-bond donors (Lipinski definition) is 4. The molecule has 0 saturated carbocycles. The van der Waals surface area contributed by atoms with Crippen molar-refractivity contribution in [1.29, 1.82) is 0 Å². The van der Waals surface area contributed by atoms with Gasteiger partial charge in [-0.15, -0.1) is 0 Å². The number of para-hydroxylation sites is 1. The van der Waals surface area contributed by atoms with Crippen molar-refractivity contribution in [2.45, 2.75) is 0 Å². The molecule has 0 fully saturated rings. The van der Waals surface area contributed by atoms with Gasteiger partial charge in [-0.1, -0.05) is 29.8 Å². The molecule has 0 saturated heterocycles. The van der Waals surface area contributed by atoms with Crippen LogP contribution < -0.4 is 16.4 Å². The third-order valence-electron chi connectivity index (χ3n) is 4.58. The number of amides is 1. The Bertz CT molecular complexity index is 1240. The number of aromatic amines is 1. The molecule has 0 bridgehead atoms. The average molecular weight is 410 g/mol. The molecule has 2 heterocycles. The number of benzene rings is 2. The predicted molar refractivity (Wildman–Crippen MR) is 114 cm³/mol. The molecule has 0 unspecified atom stereocenters. The number of nitrogens with zero attached hydrogens (tertiary/aromatic N) is 1. The van der Waals surface area contributed by atoms with Gasteiger partial charge in [0, 0.05) is 29.9 Å². The van der Waals surface area contributed by atoms with E-state index in [-0.39, 0.29) is 10.9 Å². The van der Waals surface area contributed by atoms with Gasteiger partial charge in [-0.05, 0) is 35.9 Å². The summed E-state index contributed by atoms with van der Waals surface area (Å²) in [5, 5.41) is 6.63. The van der Waals surface area contributed by atoms with Crippen LogP contribution in [0, 0.1) is 5.82 Å². The molecule has 2 aromatic heterocycles. The van der Waals surface area contributed by atoms with Gasteiger partial charge in [0.25, 0.3) is 5.91 Å². The van der Waals surface area contributed by atoms with Gasteiger partial charge < -0.3 is 21.4 Å². The van der Waals surface area contributed by atoms with E-state index in [1.54, 1.807) is 25.4 Å². The van der Waals surface area contributed by atoms with Crippen molar-refractivity contribution in [2.75, 3.05) is 18.1 Å². The lowest BCUT2D eigenvalue weighted by Gasteiger charge is -2.08. The van der Waals surface area contributed by atoms with Gasteiger partial charge >= 0.3 is 0 Å². The van der Waals surface area contributed by atoms with Crippen LogP contribution in [0.1, 0.15) is 10.5 Å². The monoisotopic (exact) mass is 409 g/mol. The van der Waals surface area contributed by atoms with Gasteiger partial charge in [0.05, 0.1) is 16.2 Å². The smallest absolute Gasteiger partial charge is 0.269 e. The SMILES string of the molecule is CNC(=O)c1cc(-c2cccc3c(Nc4ccc(F)c(Cl)c4)c(N)[nH]c23)ccn1. The summed E-state index contributed by atoms with van der Waals surface area (Å²) in [4.78, 5) is 19.2. The summed E-state index contributed by atoms with van der Waals surface area (Å²) in [5.41, 5.74) is 10.3. The van der Waals surface area contributed by atoms with Crippen molar-refractivity contribution in [2.24, 2.45) is 0 Å². The minimum absolute atomic E-state index is 0.0209. The summed E-state index contributed by atoms with van der Waals surface area (Å²) in [6, 6.07) is 13.7. The molecule has 146 valence electrons. The Hall–Kier alpha value is -3.58. The van der Waals surface area contributed by atoms with Crippen molar-refractivity contribution < 1.29 is 9.18 Å². The molecule has 6 nitrogen and oxygen atoms in total. The first-order valence-electron chi connectivity index (χ1n) is 8.78. The van der Waals surface area contributed by atoms with E-state index in [0.717, 1.165) is 22.0 Å². The van der Waals surface area contributed by atoms with E-state index >= 15 is 0 Å². The molecule has 0 spiro atoms. The fraction of sp³-hybridized carbons (Fsp3) is 0.0476. The van der Waals surface area contributed by atoms with E-state index in [0.29, 0.717) is 22.9 Å². The number of rotatable bonds is 4. The second-order valence-corrected chi connectivity index (χ2v) is 6.81. The average Bonchev–Trinajstić information content (AvgIpc) is 3.05. The van der Waals surface area contributed by atoms with Crippen molar-refractivity contribution in [3.63, 3.8) is 0 Å². The van der Waals surface area contributed by atoms with E-state index in [9.17, 15) is 9.18 Å². The zero-order valence-electron chi connectivity index (χ0n) is 15.4. The zero-order valence-corrected chi connectivity index (χ0v) is 16.1. The molecule has 2 aromatic carbocycles. The summed E-state index contributed by atoms with van der Waals surface area (Å²) < 4.78 is 13.4. The highest BCUT2D eigenvalue weighted by molar-refractivity contribution is 6.31. The first kappa shape index (κ1) is 18.8. The third-order valence-corrected chi connectivity index (χ3v) is 4.87. The maximum absolute atomic E-state index is 13.4. The number of pyridine rings is 1. The molecule has 0 aliphatic carbocycles. The number of H-pyrrole nitrogens is 1. The van der Waals surface area contributed by atoms with Crippen LogP contribution in [0.4, 0.5) is 21.6 Å². The minimum Gasteiger partial charge on any atom is -0.384 e. The predicted octanol–water partition coefficient (Wildman–Crippen LogP) is 4.71. The minimum atomic E-state index is -0.490. The molecule has 8 heteroatoms. The number of hydrogen-bond acceptors (Lipinski definition) is 4. The Kier molecular flexibility index (Phi) is 4.82. The first-order valence-corrected chi connectivity index (χ1v) is 9.16. The molecule has 4 aromatic rings. The number of nitrogens with two attached hydrogens (primary N) is 1. The summed E-state index contributed by atoms with van der Waals surface area (Å²) in [6.07, 6.45) is 1.59. The Morgan fingerprint density at radius 2 is 2.03 bits per heavy atom. The second kappa shape index (κ2) is 7.44. The van der Waals surface area contributed by atoms with Crippen LogP contribution in [0.3, 0.4) is 0 Å². The zero-order chi connectivity index (χ0) is 20.5. The summed E-state index contributed by atoms with van der Waals surface area (Å²) in [7, 11) is 1.56. The van der Waals surface area contributed by atoms with Gasteiger partial charge in [0.15, 0.2) is 0 Å². The maximum atomic E-state index is 13.4. The molecule has 29 heavy (non-hydrogen) atoms. The molecular weight excluding hydrogens is 393 g/mol. The normalized spacial score (nSPS) is 10.9. The van der Waals surface area contributed by atoms with Crippen LogP contribution in [0.15, 0.2) is 54.7 Å². The third kappa shape index (κ3) is 3.48. The number of nitrogen functional groups attached to an aromatic ring is 1. The number of carbonyl (C=O) groups is 1. The molecule has 1 amide bonds. The van der Waals surface area contributed by atoms with Crippen LogP contribution in [-0.4, -0.2) is 22.9 Å². The van der Waals surface area contributed by atoms with Crippen LogP contribution >= 0.6 is 11.6 Å². The summed E-state index contributed by atoms with van der Waals surface area (Å²) >= 11 is 5.88. The topological polar surface area (TPSA) is 95.8 Å². The molecule has 4 rings (SSSR count). The van der Waals surface area contributed by atoms with Crippen molar-refractivity contribution in [3.05, 3.63) is 71.3 Å². The lowest BCUT2D eigenvalue weighted by atomic mass is 10.0. The Balaban J connectivity index is 1.80. The van der Waals surface area contributed by atoms with Crippen LogP contribution in [0.2, 0.25) is 5.02 Å². The van der Waals surface area contributed by atoms with Gasteiger partial charge in [-0.2, -0.15) is 0 Å². The Labute approximate surface area is 170 Å². The van der Waals surface area contributed by atoms with Gasteiger partial charge in [0.1, 0.15) is 17.3 Å². The van der Waals surface area contributed by atoms with E-state index in [1.807, 2.05) is 24.3 Å². The molecule has 0 radical (unpaired) electrons. The molecule has 0 aliphatic rings. The number of fused-ring (bicyclic) bond motifs is 1.